The van der Waals surface area contributed by atoms with Gasteiger partial charge in [0.15, 0.2) is 0 Å². The van der Waals surface area contributed by atoms with Gasteiger partial charge >= 0.3 is 0 Å². The van der Waals surface area contributed by atoms with E-state index in [2.05, 4.69) is 26.2 Å². The van der Waals surface area contributed by atoms with Crippen molar-refractivity contribution >= 4 is 27.3 Å². The van der Waals surface area contributed by atoms with E-state index in [1.54, 1.807) is 17.4 Å². The van der Waals surface area contributed by atoms with E-state index in [1.165, 1.54) is 6.07 Å². The fourth-order valence-corrected chi connectivity index (χ4v) is 3.27. The fourth-order valence-electron chi connectivity index (χ4n) is 2.02. The van der Waals surface area contributed by atoms with Gasteiger partial charge in [-0.15, -0.1) is 11.3 Å². The van der Waals surface area contributed by atoms with Crippen LogP contribution < -0.4 is 5.32 Å². The Morgan fingerprint density at radius 2 is 2.26 bits per heavy atom. The molecule has 0 bridgehead atoms. The predicted octanol–water partition coefficient (Wildman–Crippen LogP) is 4.19. The van der Waals surface area contributed by atoms with Crippen LogP contribution in [-0.4, -0.2) is 11.0 Å². The Bertz CT molecular complexity index is 595. The molecule has 1 atom stereocenters. The van der Waals surface area contributed by atoms with Crippen LogP contribution in [0.3, 0.4) is 0 Å². The third-order valence-electron chi connectivity index (χ3n) is 3.13. The predicted molar refractivity (Wildman–Crippen MR) is 79.0 cm³/mol. The monoisotopic (exact) mass is 340 g/mol. The molecule has 0 radical (unpaired) electrons. The van der Waals surface area contributed by atoms with Gasteiger partial charge in [0, 0.05) is 27.2 Å². The van der Waals surface area contributed by atoms with Crippen LogP contribution in [0.2, 0.25) is 0 Å². The van der Waals surface area contributed by atoms with Crippen LogP contribution in [0, 0.1) is 12.7 Å². The first-order valence-corrected chi connectivity index (χ1v) is 7.94. The molecule has 1 aromatic heterocycles. The summed E-state index contributed by atoms with van der Waals surface area (Å²) in [5, 5.41) is 6.43. The van der Waals surface area contributed by atoms with Gasteiger partial charge in [-0.25, -0.2) is 9.37 Å². The lowest BCUT2D eigenvalue weighted by Crippen LogP contribution is -2.25. The molecule has 0 aliphatic heterocycles. The average molecular weight is 341 g/mol. The topological polar surface area (TPSA) is 24.9 Å². The lowest BCUT2D eigenvalue weighted by atomic mass is 10.1. The van der Waals surface area contributed by atoms with Crippen molar-refractivity contribution in [2.45, 2.75) is 31.8 Å². The molecule has 1 saturated carbocycles. The standard InChI is InChI=1S/C14H14BrFN2S/c1-8-7-19-14(17-8)13(18-10-3-4-10)11-6-9(15)2-5-12(11)16/h2,5-7,10,13,18H,3-4H2,1H3. The van der Waals surface area contributed by atoms with Crippen molar-refractivity contribution in [2.24, 2.45) is 0 Å². The average Bonchev–Trinajstić information content (AvgIpc) is 3.10. The van der Waals surface area contributed by atoms with Crippen LogP contribution in [-0.2, 0) is 0 Å². The Labute approximate surface area is 124 Å². The highest BCUT2D eigenvalue weighted by molar-refractivity contribution is 9.10. The van der Waals surface area contributed by atoms with Crippen molar-refractivity contribution < 1.29 is 4.39 Å². The smallest absolute Gasteiger partial charge is 0.128 e. The summed E-state index contributed by atoms with van der Waals surface area (Å²) < 4.78 is 15.0. The molecule has 1 aliphatic rings. The Morgan fingerprint density at radius 3 is 2.89 bits per heavy atom. The van der Waals surface area contributed by atoms with Crippen molar-refractivity contribution in [3.05, 3.63) is 50.1 Å². The van der Waals surface area contributed by atoms with E-state index in [0.29, 0.717) is 11.6 Å². The number of benzene rings is 1. The van der Waals surface area contributed by atoms with Crippen LogP contribution in [0.25, 0.3) is 0 Å². The molecule has 2 nitrogen and oxygen atoms in total. The van der Waals surface area contributed by atoms with E-state index in [4.69, 9.17) is 0 Å². The van der Waals surface area contributed by atoms with E-state index in [0.717, 1.165) is 28.0 Å². The minimum Gasteiger partial charge on any atom is -0.301 e. The molecule has 0 amide bonds. The van der Waals surface area contributed by atoms with Crippen LogP contribution >= 0.6 is 27.3 Å². The number of hydrogen-bond acceptors (Lipinski definition) is 3. The lowest BCUT2D eigenvalue weighted by molar-refractivity contribution is 0.544. The van der Waals surface area contributed by atoms with E-state index < -0.39 is 0 Å². The number of aryl methyl sites for hydroxylation is 1. The molecule has 1 aromatic carbocycles. The molecule has 1 aliphatic carbocycles. The molecule has 5 heteroatoms. The molecular formula is C14H14BrFN2S. The second-order valence-electron chi connectivity index (χ2n) is 4.87. The van der Waals surface area contributed by atoms with Gasteiger partial charge in [-0.3, -0.25) is 0 Å². The summed E-state index contributed by atoms with van der Waals surface area (Å²) in [6.07, 6.45) is 2.33. The van der Waals surface area contributed by atoms with Crippen LogP contribution in [0.5, 0.6) is 0 Å². The van der Waals surface area contributed by atoms with Crippen molar-refractivity contribution in [1.82, 2.24) is 10.3 Å². The van der Waals surface area contributed by atoms with Crippen molar-refractivity contribution in [2.75, 3.05) is 0 Å². The van der Waals surface area contributed by atoms with Gasteiger partial charge in [0.05, 0.1) is 6.04 Å². The van der Waals surface area contributed by atoms with Crippen LogP contribution in [0.15, 0.2) is 28.1 Å². The highest BCUT2D eigenvalue weighted by atomic mass is 79.9. The quantitative estimate of drug-likeness (QED) is 0.902. The highest BCUT2D eigenvalue weighted by Gasteiger charge is 2.29. The largest absolute Gasteiger partial charge is 0.301 e. The summed E-state index contributed by atoms with van der Waals surface area (Å²) in [5.41, 5.74) is 1.65. The maximum Gasteiger partial charge on any atom is 0.128 e. The summed E-state index contributed by atoms with van der Waals surface area (Å²) in [6.45, 7) is 1.96. The van der Waals surface area contributed by atoms with Gasteiger partial charge in [-0.05, 0) is 38.0 Å². The first-order valence-electron chi connectivity index (χ1n) is 6.26. The van der Waals surface area contributed by atoms with Gasteiger partial charge in [-0.2, -0.15) is 0 Å². The third-order valence-corrected chi connectivity index (χ3v) is 4.65. The molecule has 0 spiro atoms. The molecule has 2 aromatic rings. The molecule has 1 heterocycles. The Balaban J connectivity index is 2.00. The number of hydrogen-bond donors (Lipinski definition) is 1. The van der Waals surface area contributed by atoms with E-state index in [-0.39, 0.29) is 11.9 Å². The van der Waals surface area contributed by atoms with Gasteiger partial charge < -0.3 is 5.32 Å². The van der Waals surface area contributed by atoms with Gasteiger partial charge in [0.25, 0.3) is 0 Å². The SMILES string of the molecule is Cc1csc(C(NC2CC2)c2cc(Br)ccc2F)n1. The second kappa shape index (κ2) is 5.31. The molecule has 19 heavy (non-hydrogen) atoms. The van der Waals surface area contributed by atoms with Gasteiger partial charge in [0.1, 0.15) is 10.8 Å². The number of halogens is 2. The first kappa shape index (κ1) is 13.2. The van der Waals surface area contributed by atoms with E-state index >= 15 is 0 Å². The molecular weight excluding hydrogens is 327 g/mol. The summed E-state index contributed by atoms with van der Waals surface area (Å²) >= 11 is 4.99. The molecule has 1 N–H and O–H groups in total. The highest BCUT2D eigenvalue weighted by Crippen LogP contribution is 2.32. The van der Waals surface area contributed by atoms with Crippen molar-refractivity contribution in [3.63, 3.8) is 0 Å². The minimum atomic E-state index is -0.186. The van der Waals surface area contributed by atoms with Crippen molar-refractivity contribution in [1.29, 1.82) is 0 Å². The number of nitrogens with one attached hydrogen (secondary N) is 1. The molecule has 0 saturated heterocycles. The fraction of sp³-hybridized carbons (Fsp3) is 0.357. The summed E-state index contributed by atoms with van der Waals surface area (Å²) in [7, 11) is 0. The maximum absolute atomic E-state index is 14.1. The van der Waals surface area contributed by atoms with Crippen LogP contribution in [0.1, 0.15) is 35.1 Å². The normalized spacial score (nSPS) is 16.6. The number of aromatic nitrogens is 1. The second-order valence-corrected chi connectivity index (χ2v) is 6.67. The van der Waals surface area contributed by atoms with Crippen molar-refractivity contribution in [3.8, 4) is 0 Å². The molecule has 1 unspecified atom stereocenters. The zero-order valence-electron chi connectivity index (χ0n) is 10.5. The lowest BCUT2D eigenvalue weighted by Gasteiger charge is -2.17. The van der Waals surface area contributed by atoms with Crippen LogP contribution in [0.4, 0.5) is 4.39 Å². The van der Waals surface area contributed by atoms with E-state index in [1.807, 2.05) is 18.4 Å². The number of nitrogens with zero attached hydrogens (tertiary/aromatic N) is 1. The zero-order valence-corrected chi connectivity index (χ0v) is 12.9. The molecule has 1 fully saturated rings. The van der Waals surface area contributed by atoms with Gasteiger partial charge in [-0.1, -0.05) is 15.9 Å². The minimum absolute atomic E-state index is 0.149. The zero-order chi connectivity index (χ0) is 13.4. The first-order chi connectivity index (χ1) is 9.13. The Kier molecular flexibility index (Phi) is 3.69. The molecule has 100 valence electrons. The summed E-state index contributed by atoms with van der Waals surface area (Å²) in [5.74, 6) is -0.186. The maximum atomic E-state index is 14.1. The summed E-state index contributed by atoms with van der Waals surface area (Å²) in [6, 6.07) is 5.41. The van der Waals surface area contributed by atoms with E-state index in [9.17, 15) is 4.39 Å². The third kappa shape index (κ3) is 3.04. The Morgan fingerprint density at radius 1 is 1.47 bits per heavy atom. The van der Waals surface area contributed by atoms with Gasteiger partial charge in [0.2, 0.25) is 0 Å². The molecule has 3 rings (SSSR count). The Hall–Kier alpha value is -0.780. The number of thiazole rings is 1. The number of rotatable bonds is 4. The summed E-state index contributed by atoms with van der Waals surface area (Å²) in [4.78, 5) is 4.51.